The Hall–Kier alpha value is -2.72. The molecule has 0 saturated carbocycles. The van der Waals surface area contributed by atoms with E-state index in [1.807, 2.05) is 0 Å². The molecule has 0 aliphatic carbocycles. The van der Waals surface area contributed by atoms with E-state index < -0.39 is 28.7 Å². The molecule has 1 aliphatic heterocycles. The molecule has 1 aromatic rings. The topological polar surface area (TPSA) is 133 Å². The summed E-state index contributed by atoms with van der Waals surface area (Å²) in [4.78, 5) is 34.1. The van der Waals surface area contributed by atoms with Gasteiger partial charge in [-0.05, 0) is 19.1 Å². The Bertz CT molecular complexity index is 809. The minimum Gasteiger partial charge on any atom is -0.478 e. The number of nitro groups is 1. The Morgan fingerprint density at radius 3 is 2.54 bits per heavy atom. The second kappa shape index (κ2) is 6.42. The van der Waals surface area contributed by atoms with Gasteiger partial charge in [0.2, 0.25) is 0 Å². The molecule has 0 fully saturated rings. The molecule has 1 unspecified atom stereocenters. The zero-order valence-electron chi connectivity index (χ0n) is 12.0. The van der Waals surface area contributed by atoms with E-state index in [1.165, 1.54) is 19.1 Å². The van der Waals surface area contributed by atoms with Crippen LogP contribution in [0.4, 0.5) is 10.5 Å². The van der Waals surface area contributed by atoms with Crippen LogP contribution in [0.2, 0.25) is 5.02 Å². The van der Waals surface area contributed by atoms with Gasteiger partial charge < -0.3 is 15.5 Å². The molecule has 1 amide bonds. The first-order chi connectivity index (χ1) is 11.2. The van der Waals surface area contributed by atoms with Crippen molar-refractivity contribution in [2.45, 2.75) is 13.0 Å². The number of carboxylic acids is 1. The number of carboxylic acid groups (broad SMARTS) is 2. The van der Waals surface area contributed by atoms with E-state index in [2.05, 4.69) is 5.32 Å². The molecule has 0 bridgehead atoms. The monoisotopic (exact) mass is 371 g/mol. The van der Waals surface area contributed by atoms with Gasteiger partial charge in [0.1, 0.15) is 11.1 Å². The third kappa shape index (κ3) is 2.88. The molecule has 1 atom stereocenters. The first kappa shape index (κ1) is 17.6. The number of amides is 1. The van der Waals surface area contributed by atoms with Gasteiger partial charge >= 0.3 is 12.1 Å². The molecule has 1 aromatic carbocycles. The highest BCUT2D eigenvalue weighted by molar-refractivity contribution is 7.80. The fourth-order valence-corrected chi connectivity index (χ4v) is 3.03. The summed E-state index contributed by atoms with van der Waals surface area (Å²) in [5.74, 6) is -1.40. The number of carbonyl (C=O) groups is 2. The van der Waals surface area contributed by atoms with Gasteiger partial charge in [-0.1, -0.05) is 23.7 Å². The minimum atomic E-state index is -1.52. The summed E-state index contributed by atoms with van der Waals surface area (Å²) >= 11 is 11.0. The quantitative estimate of drug-likeness (QED) is 0.419. The largest absolute Gasteiger partial charge is 0.478 e. The molecular formula is C13H10ClN3O6S. The molecule has 0 spiro atoms. The lowest BCUT2D eigenvalue weighted by molar-refractivity contribution is -0.384. The summed E-state index contributed by atoms with van der Waals surface area (Å²) in [6.45, 7) is 1.41. The predicted molar refractivity (Wildman–Crippen MR) is 86.8 cm³/mol. The van der Waals surface area contributed by atoms with Gasteiger partial charge in [-0.3, -0.25) is 10.1 Å². The summed E-state index contributed by atoms with van der Waals surface area (Å²) in [6, 6.07) is 2.33. The third-order valence-electron chi connectivity index (χ3n) is 3.38. The van der Waals surface area contributed by atoms with Crippen LogP contribution in [0.15, 0.2) is 29.5 Å². The number of aliphatic carboxylic acids is 1. The number of nitrogens with zero attached hydrogens (tertiary/aromatic N) is 2. The number of rotatable bonds is 3. The highest BCUT2D eigenvalue weighted by Gasteiger charge is 2.41. The Balaban J connectivity index is 2.79. The van der Waals surface area contributed by atoms with Crippen molar-refractivity contribution in [1.29, 1.82) is 0 Å². The van der Waals surface area contributed by atoms with Crippen molar-refractivity contribution in [1.82, 2.24) is 10.2 Å². The van der Waals surface area contributed by atoms with Crippen molar-refractivity contribution >= 4 is 46.7 Å². The number of allylic oxidation sites excluding steroid dienone is 1. The highest BCUT2D eigenvalue weighted by atomic mass is 35.5. The molecule has 24 heavy (non-hydrogen) atoms. The van der Waals surface area contributed by atoms with Crippen molar-refractivity contribution in [3.05, 3.63) is 50.2 Å². The average molecular weight is 372 g/mol. The second-order valence-electron chi connectivity index (χ2n) is 4.77. The normalized spacial score (nSPS) is 17.5. The lowest BCUT2D eigenvalue weighted by atomic mass is 9.94. The predicted octanol–water partition coefficient (Wildman–Crippen LogP) is 2.52. The van der Waals surface area contributed by atoms with Gasteiger partial charge in [-0.2, -0.15) is 0 Å². The van der Waals surface area contributed by atoms with Crippen LogP contribution in [0.1, 0.15) is 18.5 Å². The van der Waals surface area contributed by atoms with Crippen LogP contribution in [-0.2, 0) is 4.79 Å². The van der Waals surface area contributed by atoms with E-state index in [1.54, 1.807) is 0 Å². The van der Waals surface area contributed by atoms with E-state index in [0.717, 1.165) is 6.07 Å². The maximum atomic E-state index is 11.6. The van der Waals surface area contributed by atoms with Crippen molar-refractivity contribution in [3.8, 4) is 0 Å². The summed E-state index contributed by atoms with van der Waals surface area (Å²) in [5.41, 5.74) is -0.716. The van der Waals surface area contributed by atoms with Crippen LogP contribution in [0, 0.1) is 10.1 Å². The van der Waals surface area contributed by atoms with Gasteiger partial charge in [-0.15, -0.1) is 0 Å². The number of hydrogen-bond acceptors (Lipinski definition) is 5. The SMILES string of the molecule is CC1=C(C(=O)O)C(c2cccc([N+](=O)[O-])c2Cl)N(C(=O)O)C(=S)N1. The lowest BCUT2D eigenvalue weighted by Gasteiger charge is -2.36. The standard InChI is InChI=1S/C13H10ClN3O6S/c1-5-8(11(18)19)10(16(13(20)21)12(24)15-5)6-3-2-4-7(9(6)14)17(22)23/h2-4,10H,1H3,(H,15,24)(H,18,19)(H,20,21). The second-order valence-corrected chi connectivity index (χ2v) is 5.53. The Kier molecular flexibility index (Phi) is 4.71. The number of nitrogens with one attached hydrogen (secondary N) is 1. The van der Waals surface area contributed by atoms with Crippen molar-refractivity contribution in [3.63, 3.8) is 0 Å². The zero-order valence-corrected chi connectivity index (χ0v) is 13.6. The van der Waals surface area contributed by atoms with Gasteiger partial charge in [0.25, 0.3) is 5.69 Å². The zero-order chi connectivity index (χ0) is 18.2. The molecule has 3 N–H and O–H groups in total. The summed E-state index contributed by atoms with van der Waals surface area (Å²) in [5, 5.41) is 31.8. The molecule has 0 aromatic heterocycles. The molecule has 0 radical (unpaired) electrons. The number of halogens is 1. The van der Waals surface area contributed by atoms with Crippen LogP contribution in [-0.4, -0.2) is 37.2 Å². The van der Waals surface area contributed by atoms with Crippen molar-refractivity contribution in [2.75, 3.05) is 0 Å². The molecule has 1 heterocycles. The van der Waals surface area contributed by atoms with E-state index in [0.29, 0.717) is 4.90 Å². The molecular weight excluding hydrogens is 362 g/mol. The molecule has 11 heteroatoms. The number of nitro benzene ring substituents is 1. The molecule has 0 saturated heterocycles. The molecule has 2 rings (SSSR count). The Labute approximate surface area is 145 Å². The summed E-state index contributed by atoms with van der Waals surface area (Å²) in [7, 11) is 0. The van der Waals surface area contributed by atoms with Crippen LogP contribution < -0.4 is 5.32 Å². The smallest absolute Gasteiger partial charge is 0.414 e. The fraction of sp³-hybridized carbons (Fsp3) is 0.154. The summed E-state index contributed by atoms with van der Waals surface area (Å²) in [6.07, 6.45) is -1.52. The van der Waals surface area contributed by atoms with Gasteiger partial charge in [0.15, 0.2) is 5.11 Å². The number of benzene rings is 1. The van der Waals surface area contributed by atoms with E-state index >= 15 is 0 Å². The average Bonchev–Trinajstić information content (AvgIpc) is 2.45. The van der Waals surface area contributed by atoms with Crippen molar-refractivity contribution in [2.24, 2.45) is 0 Å². The van der Waals surface area contributed by atoms with Gasteiger partial charge in [0, 0.05) is 17.3 Å². The van der Waals surface area contributed by atoms with Gasteiger partial charge in [0.05, 0.1) is 10.5 Å². The van der Waals surface area contributed by atoms with Crippen LogP contribution in [0.3, 0.4) is 0 Å². The Morgan fingerprint density at radius 2 is 2.04 bits per heavy atom. The maximum absolute atomic E-state index is 11.6. The van der Waals surface area contributed by atoms with Crippen LogP contribution in [0.25, 0.3) is 0 Å². The van der Waals surface area contributed by atoms with Crippen molar-refractivity contribution < 1.29 is 24.7 Å². The molecule has 9 nitrogen and oxygen atoms in total. The first-order valence-electron chi connectivity index (χ1n) is 6.36. The van der Waals surface area contributed by atoms with Gasteiger partial charge in [-0.25, -0.2) is 14.5 Å². The van der Waals surface area contributed by atoms with E-state index in [-0.39, 0.29) is 27.0 Å². The number of hydrogen-bond donors (Lipinski definition) is 3. The van der Waals surface area contributed by atoms with Crippen LogP contribution in [0.5, 0.6) is 0 Å². The van der Waals surface area contributed by atoms with Crippen LogP contribution >= 0.6 is 23.8 Å². The van der Waals surface area contributed by atoms with E-state index in [4.69, 9.17) is 23.8 Å². The highest BCUT2D eigenvalue weighted by Crippen LogP contribution is 2.40. The minimum absolute atomic E-state index is 0.0473. The third-order valence-corrected chi connectivity index (χ3v) is 4.10. The fourth-order valence-electron chi connectivity index (χ4n) is 2.40. The maximum Gasteiger partial charge on any atom is 0.414 e. The Morgan fingerprint density at radius 1 is 1.42 bits per heavy atom. The number of thiocarbonyl (C=S) groups is 1. The lowest BCUT2D eigenvalue weighted by Crippen LogP contribution is -2.50. The first-order valence-corrected chi connectivity index (χ1v) is 7.15. The molecule has 126 valence electrons. The molecule has 1 aliphatic rings. The summed E-state index contributed by atoms with van der Waals surface area (Å²) < 4.78 is 0. The van der Waals surface area contributed by atoms with E-state index in [9.17, 15) is 29.9 Å².